The van der Waals surface area contributed by atoms with Crippen molar-refractivity contribution in [2.45, 2.75) is 37.8 Å². The van der Waals surface area contributed by atoms with E-state index >= 15 is 0 Å². The van der Waals surface area contributed by atoms with Gasteiger partial charge in [-0.15, -0.1) is 0 Å². The average molecular weight is 324 g/mol. The molecule has 0 unspecified atom stereocenters. The normalized spacial score (nSPS) is 20.2. The number of nitrogens with zero attached hydrogens (tertiary/aromatic N) is 1. The first-order chi connectivity index (χ1) is 11.7. The number of hydrogen-bond acceptors (Lipinski definition) is 4. The van der Waals surface area contributed by atoms with E-state index in [4.69, 9.17) is 0 Å². The average Bonchev–Trinajstić information content (AvgIpc) is 2.64. The van der Waals surface area contributed by atoms with Gasteiger partial charge in [0, 0.05) is 36.6 Å². The lowest BCUT2D eigenvalue weighted by Crippen LogP contribution is -2.32. The number of rotatable bonds is 5. The van der Waals surface area contributed by atoms with Crippen molar-refractivity contribution in [2.75, 3.05) is 17.7 Å². The number of hydrogen-bond donors (Lipinski definition) is 3. The lowest BCUT2D eigenvalue weighted by Gasteiger charge is -2.30. The Balaban J connectivity index is 1.51. The second-order valence-electron chi connectivity index (χ2n) is 6.21. The monoisotopic (exact) mass is 324 g/mol. The second kappa shape index (κ2) is 7.81. The minimum absolute atomic E-state index is 0.0868. The minimum Gasteiger partial charge on any atom is -0.382 e. The van der Waals surface area contributed by atoms with Crippen molar-refractivity contribution >= 4 is 17.4 Å². The topological polar surface area (TPSA) is 66.0 Å². The third kappa shape index (κ3) is 4.25. The molecule has 1 aliphatic rings. The number of para-hydroxylation sites is 1. The van der Waals surface area contributed by atoms with E-state index in [1.807, 2.05) is 12.1 Å². The highest BCUT2D eigenvalue weighted by Crippen LogP contribution is 2.24. The molecule has 3 N–H and O–H groups in total. The van der Waals surface area contributed by atoms with E-state index in [0.29, 0.717) is 17.6 Å². The van der Waals surface area contributed by atoms with Gasteiger partial charge in [0.2, 0.25) is 0 Å². The summed E-state index contributed by atoms with van der Waals surface area (Å²) in [5.74, 6) is 0.687. The first kappa shape index (κ1) is 16.3. The van der Waals surface area contributed by atoms with Crippen molar-refractivity contribution in [3.63, 3.8) is 0 Å². The van der Waals surface area contributed by atoms with Gasteiger partial charge in [-0.2, -0.15) is 0 Å². The Morgan fingerprint density at radius 1 is 1.00 bits per heavy atom. The molecule has 5 heteroatoms. The molecule has 0 saturated heterocycles. The fraction of sp³-hybridized carbons (Fsp3) is 0.368. The molecule has 0 bridgehead atoms. The van der Waals surface area contributed by atoms with Gasteiger partial charge in [0.15, 0.2) is 0 Å². The molecule has 2 aromatic rings. The van der Waals surface area contributed by atoms with Gasteiger partial charge in [-0.25, -0.2) is 4.98 Å². The van der Waals surface area contributed by atoms with Crippen LogP contribution >= 0.6 is 0 Å². The summed E-state index contributed by atoms with van der Waals surface area (Å²) < 4.78 is 0. The summed E-state index contributed by atoms with van der Waals surface area (Å²) in [7, 11) is 1.64. The van der Waals surface area contributed by atoms with Gasteiger partial charge in [0.05, 0.1) is 0 Å². The lowest BCUT2D eigenvalue weighted by atomic mass is 9.91. The number of amides is 1. The van der Waals surface area contributed by atoms with Gasteiger partial charge in [-0.3, -0.25) is 4.79 Å². The number of nitrogens with one attached hydrogen (secondary N) is 3. The van der Waals surface area contributed by atoms with Crippen LogP contribution in [0.25, 0.3) is 0 Å². The van der Waals surface area contributed by atoms with E-state index in [1.54, 1.807) is 19.3 Å². The predicted molar refractivity (Wildman–Crippen MR) is 97.4 cm³/mol. The highest BCUT2D eigenvalue weighted by Gasteiger charge is 2.21. The number of anilines is 2. The largest absolute Gasteiger partial charge is 0.382 e. The molecule has 1 saturated carbocycles. The maximum absolute atomic E-state index is 11.7. The van der Waals surface area contributed by atoms with Gasteiger partial charge in [0.25, 0.3) is 5.91 Å². The van der Waals surface area contributed by atoms with Crippen molar-refractivity contribution in [3.8, 4) is 0 Å². The van der Waals surface area contributed by atoms with Crippen molar-refractivity contribution in [1.29, 1.82) is 0 Å². The summed E-state index contributed by atoms with van der Waals surface area (Å²) in [6.07, 6.45) is 6.12. The van der Waals surface area contributed by atoms with E-state index < -0.39 is 0 Å². The summed E-state index contributed by atoms with van der Waals surface area (Å²) >= 11 is 0. The first-order valence-electron chi connectivity index (χ1n) is 8.51. The first-order valence-corrected chi connectivity index (χ1v) is 8.51. The Morgan fingerprint density at radius 3 is 2.33 bits per heavy atom. The van der Waals surface area contributed by atoms with Crippen molar-refractivity contribution in [3.05, 3.63) is 54.2 Å². The molecule has 1 aromatic heterocycles. The summed E-state index contributed by atoms with van der Waals surface area (Å²) in [5.41, 5.74) is 1.82. The Bertz CT molecular complexity index is 666. The molecular formula is C19H24N4O. The molecule has 0 spiro atoms. The SMILES string of the molecule is CNC(=O)c1ccnc(NC2CCC(Nc3ccccc3)CC2)c1. The molecule has 3 rings (SSSR count). The van der Waals surface area contributed by atoms with Crippen LogP contribution in [0.5, 0.6) is 0 Å². The molecule has 1 aromatic carbocycles. The molecule has 1 aliphatic carbocycles. The number of aromatic nitrogens is 1. The fourth-order valence-electron chi connectivity index (χ4n) is 3.16. The molecular weight excluding hydrogens is 300 g/mol. The Kier molecular flexibility index (Phi) is 5.31. The summed E-state index contributed by atoms with van der Waals surface area (Å²) in [6.45, 7) is 0. The van der Waals surface area contributed by atoms with E-state index in [1.165, 1.54) is 5.69 Å². The van der Waals surface area contributed by atoms with E-state index in [0.717, 1.165) is 31.5 Å². The zero-order chi connectivity index (χ0) is 16.8. The van der Waals surface area contributed by atoms with Crippen LogP contribution in [0.1, 0.15) is 36.0 Å². The van der Waals surface area contributed by atoms with Gasteiger partial charge in [0.1, 0.15) is 5.82 Å². The lowest BCUT2D eigenvalue weighted by molar-refractivity contribution is 0.0963. The summed E-state index contributed by atoms with van der Waals surface area (Å²) in [4.78, 5) is 16.0. The highest BCUT2D eigenvalue weighted by molar-refractivity contribution is 5.94. The van der Waals surface area contributed by atoms with Crippen LogP contribution in [0.15, 0.2) is 48.7 Å². The van der Waals surface area contributed by atoms with Crippen molar-refractivity contribution < 1.29 is 4.79 Å². The molecule has 0 radical (unpaired) electrons. The van der Waals surface area contributed by atoms with Gasteiger partial charge >= 0.3 is 0 Å². The standard InChI is InChI=1S/C19H24N4O/c1-20-19(24)14-11-12-21-18(13-14)23-17-9-7-16(8-10-17)22-15-5-3-2-4-6-15/h2-6,11-13,16-17,22H,7-10H2,1H3,(H,20,24)(H,21,23). The third-order valence-corrected chi connectivity index (χ3v) is 4.47. The van der Waals surface area contributed by atoms with Crippen LogP contribution in [0, 0.1) is 0 Å². The zero-order valence-electron chi connectivity index (χ0n) is 14.0. The van der Waals surface area contributed by atoms with Gasteiger partial charge in [-0.1, -0.05) is 18.2 Å². The van der Waals surface area contributed by atoms with E-state index in [9.17, 15) is 4.79 Å². The van der Waals surface area contributed by atoms with Crippen LogP contribution < -0.4 is 16.0 Å². The van der Waals surface area contributed by atoms with Crippen LogP contribution in [0.4, 0.5) is 11.5 Å². The van der Waals surface area contributed by atoms with Crippen LogP contribution in [-0.2, 0) is 0 Å². The van der Waals surface area contributed by atoms with Crippen LogP contribution in [0.2, 0.25) is 0 Å². The van der Waals surface area contributed by atoms with Gasteiger partial charge < -0.3 is 16.0 Å². The predicted octanol–water partition coefficient (Wildman–Crippen LogP) is 3.28. The zero-order valence-corrected chi connectivity index (χ0v) is 14.0. The molecule has 1 fully saturated rings. The third-order valence-electron chi connectivity index (χ3n) is 4.47. The van der Waals surface area contributed by atoms with Crippen LogP contribution in [0.3, 0.4) is 0 Å². The molecule has 126 valence electrons. The maximum atomic E-state index is 11.7. The summed E-state index contributed by atoms with van der Waals surface area (Å²) in [5, 5.41) is 9.70. The Morgan fingerprint density at radius 2 is 1.67 bits per heavy atom. The fourth-order valence-corrected chi connectivity index (χ4v) is 3.16. The highest BCUT2D eigenvalue weighted by atomic mass is 16.1. The minimum atomic E-state index is -0.0868. The molecule has 5 nitrogen and oxygen atoms in total. The van der Waals surface area contributed by atoms with E-state index in [2.05, 4.69) is 45.2 Å². The number of carbonyl (C=O) groups excluding carboxylic acids is 1. The van der Waals surface area contributed by atoms with Crippen molar-refractivity contribution in [1.82, 2.24) is 10.3 Å². The molecule has 0 aliphatic heterocycles. The number of carbonyl (C=O) groups is 1. The molecule has 1 heterocycles. The molecule has 0 atom stereocenters. The Hall–Kier alpha value is -2.56. The molecule has 24 heavy (non-hydrogen) atoms. The maximum Gasteiger partial charge on any atom is 0.251 e. The number of pyridine rings is 1. The second-order valence-corrected chi connectivity index (χ2v) is 6.21. The van der Waals surface area contributed by atoms with Gasteiger partial charge in [-0.05, 0) is 49.9 Å². The van der Waals surface area contributed by atoms with Crippen LogP contribution in [-0.4, -0.2) is 30.0 Å². The van der Waals surface area contributed by atoms with Crippen molar-refractivity contribution in [2.24, 2.45) is 0 Å². The Labute approximate surface area is 142 Å². The smallest absolute Gasteiger partial charge is 0.251 e. The summed E-state index contributed by atoms with van der Waals surface area (Å²) in [6, 6.07) is 14.8. The quantitative estimate of drug-likeness (QED) is 0.790. The van der Waals surface area contributed by atoms with E-state index in [-0.39, 0.29) is 5.91 Å². The number of benzene rings is 1. The molecule has 1 amide bonds.